The van der Waals surface area contributed by atoms with Crippen molar-refractivity contribution < 1.29 is 18.7 Å². The minimum Gasteiger partial charge on any atom is -0.460 e. The molecule has 6 heteroatoms. The summed E-state index contributed by atoms with van der Waals surface area (Å²) in [5.74, 6) is -0.576. The molecule has 0 radical (unpaired) electrons. The van der Waals surface area contributed by atoms with Gasteiger partial charge in [-0.25, -0.2) is 9.78 Å². The van der Waals surface area contributed by atoms with Gasteiger partial charge in [0.2, 0.25) is 17.6 Å². The van der Waals surface area contributed by atoms with Crippen molar-refractivity contribution in [1.82, 2.24) is 10.3 Å². The lowest BCUT2D eigenvalue weighted by molar-refractivity contribution is -0.116. The Kier molecular flexibility index (Phi) is 4.45. The number of carbonyl (C=O) groups is 2. The van der Waals surface area contributed by atoms with Gasteiger partial charge < -0.3 is 14.5 Å². The first-order chi connectivity index (χ1) is 8.08. The van der Waals surface area contributed by atoms with Crippen LogP contribution in [-0.2, 0) is 16.1 Å². The van der Waals surface area contributed by atoms with Crippen molar-refractivity contribution in [2.75, 3.05) is 6.61 Å². The lowest BCUT2D eigenvalue weighted by Gasteiger charge is -1.98. The number of carbonyl (C=O) groups excluding carboxylic acids is 2. The summed E-state index contributed by atoms with van der Waals surface area (Å²) in [7, 11) is 0. The Morgan fingerprint density at radius 3 is 2.88 bits per heavy atom. The second-order valence-electron chi connectivity index (χ2n) is 3.16. The van der Waals surface area contributed by atoms with Gasteiger partial charge in [0, 0.05) is 0 Å². The number of nitrogens with one attached hydrogen (secondary N) is 1. The van der Waals surface area contributed by atoms with Crippen molar-refractivity contribution in [2.24, 2.45) is 0 Å². The standard InChI is InChI=1S/C11H14N2O4/c1-4-8(14)12-6-9-13-7(3)10(17-9)11(15)16-5-2/h4H,1,5-6H2,2-3H3,(H,12,14). The Bertz CT molecular complexity index is 437. The molecule has 92 valence electrons. The molecule has 0 atom stereocenters. The molecular formula is C11H14N2O4. The molecule has 0 aliphatic rings. The number of aryl methyl sites for hydroxylation is 1. The molecule has 0 unspecified atom stereocenters. The third kappa shape index (κ3) is 3.44. The molecule has 1 heterocycles. The predicted octanol–water partition coefficient (Wildman–Crippen LogP) is 0.962. The number of hydrogen-bond donors (Lipinski definition) is 1. The molecule has 0 aliphatic carbocycles. The molecule has 1 rings (SSSR count). The maximum absolute atomic E-state index is 11.4. The van der Waals surface area contributed by atoms with Crippen LogP contribution in [0.25, 0.3) is 0 Å². The van der Waals surface area contributed by atoms with Crippen molar-refractivity contribution in [1.29, 1.82) is 0 Å². The zero-order valence-electron chi connectivity index (χ0n) is 9.78. The highest BCUT2D eigenvalue weighted by atomic mass is 16.5. The number of hydrogen-bond acceptors (Lipinski definition) is 5. The van der Waals surface area contributed by atoms with Crippen LogP contribution in [0.5, 0.6) is 0 Å². The molecule has 1 amide bonds. The summed E-state index contributed by atoms with van der Waals surface area (Å²) in [6, 6.07) is 0. The summed E-state index contributed by atoms with van der Waals surface area (Å²) in [6.45, 7) is 7.02. The number of oxazole rings is 1. The van der Waals surface area contributed by atoms with Gasteiger partial charge in [-0.1, -0.05) is 6.58 Å². The zero-order chi connectivity index (χ0) is 12.8. The first-order valence-electron chi connectivity index (χ1n) is 5.12. The first kappa shape index (κ1) is 13.0. The fourth-order valence-corrected chi connectivity index (χ4v) is 1.15. The first-order valence-corrected chi connectivity index (χ1v) is 5.12. The molecule has 0 bridgehead atoms. The number of amides is 1. The van der Waals surface area contributed by atoms with E-state index in [9.17, 15) is 9.59 Å². The van der Waals surface area contributed by atoms with E-state index >= 15 is 0 Å². The van der Waals surface area contributed by atoms with Crippen molar-refractivity contribution in [3.63, 3.8) is 0 Å². The normalized spacial score (nSPS) is 9.76. The highest BCUT2D eigenvalue weighted by Gasteiger charge is 2.18. The Morgan fingerprint density at radius 2 is 2.29 bits per heavy atom. The Labute approximate surface area is 98.7 Å². The van der Waals surface area contributed by atoms with Gasteiger partial charge in [-0.15, -0.1) is 0 Å². The minimum atomic E-state index is -0.557. The minimum absolute atomic E-state index is 0.0645. The zero-order valence-corrected chi connectivity index (χ0v) is 9.78. The topological polar surface area (TPSA) is 81.4 Å². The molecule has 0 aromatic carbocycles. The van der Waals surface area contributed by atoms with E-state index in [2.05, 4.69) is 16.9 Å². The largest absolute Gasteiger partial charge is 0.460 e. The van der Waals surface area contributed by atoms with E-state index in [4.69, 9.17) is 9.15 Å². The quantitative estimate of drug-likeness (QED) is 0.610. The fourth-order valence-electron chi connectivity index (χ4n) is 1.15. The van der Waals surface area contributed by atoms with Crippen LogP contribution in [0.15, 0.2) is 17.1 Å². The Hall–Kier alpha value is -2.11. The van der Waals surface area contributed by atoms with Crippen molar-refractivity contribution >= 4 is 11.9 Å². The molecule has 0 fully saturated rings. The van der Waals surface area contributed by atoms with Crippen molar-refractivity contribution in [2.45, 2.75) is 20.4 Å². The molecule has 1 aromatic rings. The number of rotatable bonds is 5. The molecular weight excluding hydrogens is 224 g/mol. The highest BCUT2D eigenvalue weighted by molar-refractivity contribution is 5.87. The average molecular weight is 238 g/mol. The van der Waals surface area contributed by atoms with E-state index in [0.29, 0.717) is 5.69 Å². The summed E-state index contributed by atoms with van der Waals surface area (Å²) in [6.07, 6.45) is 1.14. The third-order valence-corrected chi connectivity index (χ3v) is 1.90. The van der Waals surface area contributed by atoms with Crippen LogP contribution >= 0.6 is 0 Å². The lowest BCUT2D eigenvalue weighted by atomic mass is 10.4. The van der Waals surface area contributed by atoms with Gasteiger partial charge in [0.15, 0.2) is 0 Å². The number of nitrogens with zero attached hydrogens (tertiary/aromatic N) is 1. The summed E-state index contributed by atoms with van der Waals surface area (Å²) in [4.78, 5) is 26.3. The van der Waals surface area contributed by atoms with Gasteiger partial charge >= 0.3 is 5.97 Å². The van der Waals surface area contributed by atoms with Crippen LogP contribution in [-0.4, -0.2) is 23.5 Å². The monoisotopic (exact) mass is 238 g/mol. The lowest BCUT2D eigenvalue weighted by Crippen LogP contribution is -2.20. The Morgan fingerprint density at radius 1 is 1.59 bits per heavy atom. The van der Waals surface area contributed by atoms with Crippen LogP contribution in [0.4, 0.5) is 0 Å². The predicted molar refractivity (Wildman–Crippen MR) is 59.2 cm³/mol. The van der Waals surface area contributed by atoms with E-state index in [1.54, 1.807) is 13.8 Å². The fraction of sp³-hybridized carbons (Fsp3) is 0.364. The van der Waals surface area contributed by atoms with Gasteiger partial charge in [0.25, 0.3) is 0 Å². The molecule has 6 nitrogen and oxygen atoms in total. The van der Waals surface area contributed by atoms with Crippen LogP contribution in [0, 0.1) is 6.92 Å². The molecule has 0 saturated heterocycles. The van der Waals surface area contributed by atoms with E-state index in [1.807, 2.05) is 0 Å². The summed E-state index contributed by atoms with van der Waals surface area (Å²) < 4.78 is 9.98. The van der Waals surface area contributed by atoms with Gasteiger partial charge in [-0.3, -0.25) is 4.79 Å². The van der Waals surface area contributed by atoms with Gasteiger partial charge in [0.1, 0.15) is 0 Å². The summed E-state index contributed by atoms with van der Waals surface area (Å²) in [5, 5.41) is 2.49. The molecule has 0 saturated carbocycles. The summed E-state index contributed by atoms with van der Waals surface area (Å²) >= 11 is 0. The smallest absolute Gasteiger partial charge is 0.376 e. The molecule has 1 N–H and O–H groups in total. The van der Waals surface area contributed by atoms with E-state index < -0.39 is 5.97 Å². The summed E-state index contributed by atoms with van der Waals surface area (Å²) in [5.41, 5.74) is 0.436. The molecule has 0 aliphatic heterocycles. The molecule has 0 spiro atoms. The van der Waals surface area contributed by atoms with Gasteiger partial charge in [0.05, 0.1) is 18.8 Å². The van der Waals surface area contributed by atoms with Crippen molar-refractivity contribution in [3.05, 3.63) is 30.0 Å². The van der Waals surface area contributed by atoms with Gasteiger partial charge in [-0.2, -0.15) is 0 Å². The number of aromatic nitrogens is 1. The number of ether oxygens (including phenoxy) is 1. The third-order valence-electron chi connectivity index (χ3n) is 1.90. The van der Waals surface area contributed by atoms with E-state index in [1.165, 1.54) is 0 Å². The van der Waals surface area contributed by atoms with Crippen LogP contribution < -0.4 is 5.32 Å². The number of esters is 1. The van der Waals surface area contributed by atoms with E-state index in [-0.39, 0.29) is 30.7 Å². The second-order valence-corrected chi connectivity index (χ2v) is 3.16. The molecule has 1 aromatic heterocycles. The highest BCUT2D eigenvalue weighted by Crippen LogP contribution is 2.11. The maximum Gasteiger partial charge on any atom is 0.376 e. The van der Waals surface area contributed by atoms with Crippen molar-refractivity contribution in [3.8, 4) is 0 Å². The molecule has 17 heavy (non-hydrogen) atoms. The average Bonchev–Trinajstić information content (AvgIpc) is 2.68. The van der Waals surface area contributed by atoms with Crippen LogP contribution in [0.2, 0.25) is 0 Å². The Balaban J connectivity index is 2.71. The van der Waals surface area contributed by atoms with Crippen LogP contribution in [0.3, 0.4) is 0 Å². The second kappa shape index (κ2) is 5.83. The SMILES string of the molecule is C=CC(=O)NCc1nc(C)c(C(=O)OCC)o1. The van der Waals surface area contributed by atoms with Gasteiger partial charge in [-0.05, 0) is 19.9 Å². The maximum atomic E-state index is 11.4. The van der Waals surface area contributed by atoms with E-state index in [0.717, 1.165) is 6.08 Å². The van der Waals surface area contributed by atoms with Crippen LogP contribution in [0.1, 0.15) is 29.1 Å².